The summed E-state index contributed by atoms with van der Waals surface area (Å²) >= 11 is 0. The van der Waals surface area contributed by atoms with Crippen molar-refractivity contribution in [3.63, 3.8) is 0 Å². The van der Waals surface area contributed by atoms with Crippen LogP contribution < -0.4 is 10.2 Å². The van der Waals surface area contributed by atoms with Crippen LogP contribution in [0.2, 0.25) is 0 Å². The van der Waals surface area contributed by atoms with Gasteiger partial charge in [0, 0.05) is 50.9 Å². The number of anilines is 1. The fourth-order valence-corrected chi connectivity index (χ4v) is 4.62. The first-order valence-corrected chi connectivity index (χ1v) is 9.31. The molecule has 0 aromatic carbocycles. The van der Waals surface area contributed by atoms with Crippen molar-refractivity contribution in [1.82, 2.24) is 29.8 Å². The summed E-state index contributed by atoms with van der Waals surface area (Å²) in [5.41, 5.74) is 2.66. The maximum Gasteiger partial charge on any atom is 0.254 e. The van der Waals surface area contributed by atoms with Gasteiger partial charge >= 0.3 is 0 Å². The molecule has 0 amide bonds. The SMILES string of the molecule is c1nc2nc3c(c(N4CCC(N5CCNCC5)CC4)n2n1)CCC3. The number of piperidine rings is 1. The number of nitrogens with zero attached hydrogens (tertiary/aromatic N) is 6. The molecule has 7 heteroatoms. The van der Waals surface area contributed by atoms with Gasteiger partial charge in [-0.15, -0.1) is 0 Å². The van der Waals surface area contributed by atoms with Crippen LogP contribution in [0.15, 0.2) is 6.33 Å². The van der Waals surface area contributed by atoms with Gasteiger partial charge in [-0.1, -0.05) is 0 Å². The highest BCUT2D eigenvalue weighted by atomic mass is 15.4. The van der Waals surface area contributed by atoms with Gasteiger partial charge in [0.2, 0.25) is 0 Å². The van der Waals surface area contributed by atoms with Crippen LogP contribution in [0, 0.1) is 0 Å². The highest BCUT2D eigenvalue weighted by molar-refractivity contribution is 5.56. The molecule has 5 rings (SSSR count). The third-order valence-corrected chi connectivity index (χ3v) is 5.86. The van der Waals surface area contributed by atoms with Crippen LogP contribution in [0.4, 0.5) is 5.82 Å². The van der Waals surface area contributed by atoms with E-state index in [0.29, 0.717) is 0 Å². The summed E-state index contributed by atoms with van der Waals surface area (Å²) in [5.74, 6) is 2.03. The average molecular weight is 327 g/mol. The van der Waals surface area contributed by atoms with E-state index in [4.69, 9.17) is 4.98 Å². The van der Waals surface area contributed by atoms with Crippen LogP contribution in [0.25, 0.3) is 5.78 Å². The molecule has 7 nitrogen and oxygen atoms in total. The Hall–Kier alpha value is -1.73. The van der Waals surface area contributed by atoms with Gasteiger partial charge in [-0.2, -0.15) is 14.6 Å². The normalized spacial score (nSPS) is 23.1. The lowest BCUT2D eigenvalue weighted by molar-refractivity contribution is 0.150. The lowest BCUT2D eigenvalue weighted by atomic mass is 10.0. The number of hydrogen-bond donors (Lipinski definition) is 1. The summed E-state index contributed by atoms with van der Waals surface area (Å²) in [7, 11) is 0. The minimum atomic E-state index is 0.740. The Balaban J connectivity index is 1.40. The van der Waals surface area contributed by atoms with Crippen molar-refractivity contribution >= 4 is 11.6 Å². The highest BCUT2D eigenvalue weighted by Crippen LogP contribution is 2.32. The van der Waals surface area contributed by atoms with E-state index in [1.807, 2.05) is 4.52 Å². The average Bonchev–Trinajstić information content (AvgIpc) is 3.29. The summed E-state index contributed by atoms with van der Waals surface area (Å²) in [6.45, 7) is 6.89. The molecule has 4 heterocycles. The standard InChI is InChI=1S/C17H25N7/c1-2-14-15(3-1)21-17-19-12-20-24(17)16(14)23-8-4-13(5-9-23)22-10-6-18-7-11-22/h12-13,18H,1-11H2. The Labute approximate surface area is 142 Å². The first-order valence-electron chi connectivity index (χ1n) is 9.31. The van der Waals surface area contributed by atoms with Crippen molar-refractivity contribution in [3.05, 3.63) is 17.6 Å². The Morgan fingerprint density at radius 3 is 2.71 bits per heavy atom. The molecule has 0 radical (unpaired) electrons. The minimum Gasteiger partial charge on any atom is -0.356 e. The zero-order chi connectivity index (χ0) is 15.9. The van der Waals surface area contributed by atoms with Crippen molar-refractivity contribution < 1.29 is 0 Å². The third-order valence-electron chi connectivity index (χ3n) is 5.86. The van der Waals surface area contributed by atoms with Gasteiger partial charge in [0.15, 0.2) is 0 Å². The van der Waals surface area contributed by atoms with Crippen molar-refractivity contribution in [2.24, 2.45) is 0 Å². The largest absolute Gasteiger partial charge is 0.356 e. The molecular weight excluding hydrogens is 302 g/mol. The van der Waals surface area contributed by atoms with Gasteiger partial charge in [-0.3, -0.25) is 4.90 Å². The molecule has 2 aliphatic heterocycles. The van der Waals surface area contributed by atoms with E-state index in [9.17, 15) is 0 Å². The van der Waals surface area contributed by atoms with E-state index >= 15 is 0 Å². The smallest absolute Gasteiger partial charge is 0.254 e. The maximum absolute atomic E-state index is 4.71. The summed E-state index contributed by atoms with van der Waals surface area (Å²) in [6, 6.07) is 0.740. The van der Waals surface area contributed by atoms with Crippen molar-refractivity contribution in [2.75, 3.05) is 44.2 Å². The van der Waals surface area contributed by atoms with Crippen LogP contribution in [-0.4, -0.2) is 69.8 Å². The van der Waals surface area contributed by atoms with Crippen molar-refractivity contribution in [1.29, 1.82) is 0 Å². The second-order valence-electron chi connectivity index (χ2n) is 7.19. The Morgan fingerprint density at radius 2 is 1.88 bits per heavy atom. The molecule has 0 unspecified atom stereocenters. The van der Waals surface area contributed by atoms with Crippen LogP contribution in [-0.2, 0) is 12.8 Å². The molecule has 2 fully saturated rings. The second kappa shape index (κ2) is 5.97. The lowest BCUT2D eigenvalue weighted by Gasteiger charge is -2.41. The summed E-state index contributed by atoms with van der Waals surface area (Å²) in [6.07, 6.45) is 7.54. The van der Waals surface area contributed by atoms with Crippen LogP contribution in [0.5, 0.6) is 0 Å². The summed E-state index contributed by atoms with van der Waals surface area (Å²) in [4.78, 5) is 14.3. The summed E-state index contributed by atoms with van der Waals surface area (Å²) in [5, 5.41) is 7.92. The molecular formula is C17H25N7. The number of rotatable bonds is 2. The molecule has 24 heavy (non-hydrogen) atoms. The molecule has 3 aliphatic rings. The fourth-order valence-electron chi connectivity index (χ4n) is 4.62. The first-order chi connectivity index (χ1) is 11.9. The fraction of sp³-hybridized carbons (Fsp3) is 0.706. The number of aryl methyl sites for hydroxylation is 1. The van der Waals surface area contributed by atoms with E-state index in [-0.39, 0.29) is 0 Å². The van der Waals surface area contributed by atoms with Gasteiger partial charge in [0.1, 0.15) is 12.1 Å². The third kappa shape index (κ3) is 2.38. The van der Waals surface area contributed by atoms with E-state index in [1.54, 1.807) is 6.33 Å². The highest BCUT2D eigenvalue weighted by Gasteiger charge is 2.30. The monoisotopic (exact) mass is 327 g/mol. The number of aromatic nitrogens is 4. The molecule has 0 bridgehead atoms. The van der Waals surface area contributed by atoms with Gasteiger partial charge in [-0.25, -0.2) is 4.98 Å². The first kappa shape index (κ1) is 14.6. The quantitative estimate of drug-likeness (QED) is 0.866. The molecule has 2 aromatic rings. The molecule has 2 saturated heterocycles. The molecule has 128 valence electrons. The number of piperazine rings is 1. The maximum atomic E-state index is 4.71. The van der Waals surface area contributed by atoms with Gasteiger partial charge < -0.3 is 10.2 Å². The number of nitrogens with one attached hydrogen (secondary N) is 1. The van der Waals surface area contributed by atoms with E-state index in [1.165, 1.54) is 49.4 Å². The predicted molar refractivity (Wildman–Crippen MR) is 92.5 cm³/mol. The molecule has 0 atom stereocenters. The molecule has 0 saturated carbocycles. The van der Waals surface area contributed by atoms with Gasteiger partial charge in [-0.05, 0) is 32.1 Å². The Bertz CT molecular complexity index is 726. The van der Waals surface area contributed by atoms with Crippen LogP contribution in [0.3, 0.4) is 0 Å². The van der Waals surface area contributed by atoms with Crippen LogP contribution >= 0.6 is 0 Å². The predicted octanol–water partition coefficient (Wildman–Crippen LogP) is 0.487. The number of fused-ring (bicyclic) bond motifs is 2. The zero-order valence-electron chi connectivity index (χ0n) is 14.1. The lowest BCUT2D eigenvalue weighted by Crippen LogP contribution is -2.52. The Morgan fingerprint density at radius 1 is 1.04 bits per heavy atom. The van der Waals surface area contributed by atoms with E-state index in [0.717, 1.165) is 50.8 Å². The van der Waals surface area contributed by atoms with Crippen LogP contribution in [0.1, 0.15) is 30.5 Å². The number of hydrogen-bond acceptors (Lipinski definition) is 6. The van der Waals surface area contributed by atoms with E-state index < -0.39 is 0 Å². The van der Waals surface area contributed by atoms with E-state index in [2.05, 4.69) is 25.2 Å². The summed E-state index contributed by atoms with van der Waals surface area (Å²) < 4.78 is 1.97. The zero-order valence-corrected chi connectivity index (χ0v) is 14.1. The molecule has 2 aromatic heterocycles. The minimum absolute atomic E-state index is 0.740. The van der Waals surface area contributed by atoms with Gasteiger partial charge in [0.25, 0.3) is 5.78 Å². The van der Waals surface area contributed by atoms with Gasteiger partial charge in [0.05, 0.1) is 5.69 Å². The molecule has 1 N–H and O–H groups in total. The topological polar surface area (TPSA) is 61.6 Å². The Kier molecular flexibility index (Phi) is 3.63. The molecule has 1 aliphatic carbocycles. The van der Waals surface area contributed by atoms with Crippen molar-refractivity contribution in [2.45, 2.75) is 38.1 Å². The van der Waals surface area contributed by atoms with Crippen molar-refractivity contribution in [3.8, 4) is 0 Å². The second-order valence-corrected chi connectivity index (χ2v) is 7.19. The molecule has 0 spiro atoms.